The van der Waals surface area contributed by atoms with Crippen LogP contribution in [0.1, 0.15) is 12.5 Å². The van der Waals surface area contributed by atoms with Crippen LogP contribution < -0.4 is 5.32 Å². The van der Waals surface area contributed by atoms with Gasteiger partial charge in [0.1, 0.15) is 5.75 Å². The number of hydrogen-bond donors (Lipinski definition) is 3. The number of rotatable bonds is 4. The van der Waals surface area contributed by atoms with E-state index in [1.807, 2.05) is 6.92 Å². The van der Waals surface area contributed by atoms with Gasteiger partial charge in [-0.25, -0.2) is 0 Å². The molecule has 1 aromatic rings. The Morgan fingerprint density at radius 1 is 1.53 bits per heavy atom. The van der Waals surface area contributed by atoms with Crippen LogP contribution in [-0.4, -0.2) is 22.9 Å². The van der Waals surface area contributed by atoms with Crippen LogP contribution in [0, 0.1) is 0 Å². The summed E-state index contributed by atoms with van der Waals surface area (Å²) in [6.45, 7) is 2.38. The summed E-state index contributed by atoms with van der Waals surface area (Å²) in [5, 5.41) is 21.9. The molecule has 3 N–H and O–H groups in total. The summed E-state index contributed by atoms with van der Waals surface area (Å²) in [6, 6.07) is 3.41. The van der Waals surface area contributed by atoms with E-state index in [1.54, 1.807) is 12.1 Å². The van der Waals surface area contributed by atoms with Gasteiger partial charge in [-0.1, -0.05) is 27.5 Å². The fourth-order valence-electron chi connectivity index (χ4n) is 1.10. The first-order chi connectivity index (χ1) is 7.04. The lowest BCUT2D eigenvalue weighted by Crippen LogP contribution is -2.28. The van der Waals surface area contributed by atoms with Gasteiger partial charge in [0.2, 0.25) is 0 Å². The third-order valence-corrected chi connectivity index (χ3v) is 2.77. The van der Waals surface area contributed by atoms with Crippen LogP contribution in [0.2, 0.25) is 5.02 Å². The zero-order valence-corrected chi connectivity index (χ0v) is 10.6. The van der Waals surface area contributed by atoms with E-state index in [1.165, 1.54) is 0 Å². The first-order valence-corrected chi connectivity index (χ1v) is 5.72. The number of aliphatic hydroxyl groups is 1. The number of benzene rings is 1. The summed E-state index contributed by atoms with van der Waals surface area (Å²) in [6.07, 6.45) is 0. The quantitative estimate of drug-likeness (QED) is 0.798. The molecular weight excluding hydrogens is 281 g/mol. The first kappa shape index (κ1) is 12.8. The number of phenols is 1. The van der Waals surface area contributed by atoms with Gasteiger partial charge < -0.3 is 15.5 Å². The first-order valence-electron chi connectivity index (χ1n) is 4.55. The molecule has 0 saturated heterocycles. The Labute approximate surface area is 102 Å². The van der Waals surface area contributed by atoms with Crippen molar-refractivity contribution in [3.63, 3.8) is 0 Å². The SMILES string of the molecule is C[C@H](CO)NCc1cc(Br)cc(Cl)c1O. The van der Waals surface area contributed by atoms with E-state index < -0.39 is 0 Å². The molecule has 15 heavy (non-hydrogen) atoms. The Bertz CT molecular complexity index is 346. The molecule has 1 aromatic carbocycles. The van der Waals surface area contributed by atoms with Crippen LogP contribution in [0.4, 0.5) is 0 Å². The average Bonchev–Trinajstić information content (AvgIpc) is 2.20. The Kier molecular flexibility index (Phi) is 4.86. The maximum absolute atomic E-state index is 9.65. The minimum atomic E-state index is -0.0119. The van der Waals surface area contributed by atoms with Crippen molar-refractivity contribution in [1.82, 2.24) is 5.32 Å². The molecular formula is C10H13BrClNO2. The predicted molar refractivity (Wildman–Crippen MR) is 64.2 cm³/mol. The molecule has 0 unspecified atom stereocenters. The van der Waals surface area contributed by atoms with Crippen molar-refractivity contribution in [3.8, 4) is 5.75 Å². The molecule has 3 nitrogen and oxygen atoms in total. The lowest BCUT2D eigenvalue weighted by Gasteiger charge is -2.12. The highest BCUT2D eigenvalue weighted by molar-refractivity contribution is 9.10. The summed E-state index contributed by atoms with van der Waals surface area (Å²) in [7, 11) is 0. The van der Waals surface area contributed by atoms with E-state index in [2.05, 4.69) is 21.2 Å². The van der Waals surface area contributed by atoms with Crippen LogP contribution in [-0.2, 0) is 6.54 Å². The van der Waals surface area contributed by atoms with E-state index in [4.69, 9.17) is 16.7 Å². The second kappa shape index (κ2) is 5.70. The van der Waals surface area contributed by atoms with Gasteiger partial charge in [-0.2, -0.15) is 0 Å². The minimum Gasteiger partial charge on any atom is -0.506 e. The third kappa shape index (κ3) is 3.65. The molecule has 0 fully saturated rings. The number of halogens is 2. The lowest BCUT2D eigenvalue weighted by molar-refractivity contribution is 0.250. The summed E-state index contributed by atoms with van der Waals surface area (Å²) in [5.74, 6) is 0.0810. The monoisotopic (exact) mass is 293 g/mol. The molecule has 0 aliphatic rings. The number of aliphatic hydroxyl groups excluding tert-OH is 1. The zero-order valence-electron chi connectivity index (χ0n) is 8.30. The van der Waals surface area contributed by atoms with Crippen molar-refractivity contribution in [2.24, 2.45) is 0 Å². The topological polar surface area (TPSA) is 52.5 Å². The highest BCUT2D eigenvalue weighted by Gasteiger charge is 2.08. The highest BCUT2D eigenvalue weighted by Crippen LogP contribution is 2.31. The molecule has 5 heteroatoms. The van der Waals surface area contributed by atoms with Crippen molar-refractivity contribution in [2.75, 3.05) is 6.61 Å². The molecule has 0 heterocycles. The summed E-state index contributed by atoms with van der Waals surface area (Å²) < 4.78 is 0.818. The van der Waals surface area contributed by atoms with Crippen LogP contribution in [0.25, 0.3) is 0 Å². The van der Waals surface area contributed by atoms with Crippen molar-refractivity contribution in [1.29, 1.82) is 0 Å². The Morgan fingerprint density at radius 3 is 2.80 bits per heavy atom. The number of hydrogen-bond acceptors (Lipinski definition) is 3. The van der Waals surface area contributed by atoms with Crippen molar-refractivity contribution in [3.05, 3.63) is 27.2 Å². The van der Waals surface area contributed by atoms with E-state index in [-0.39, 0.29) is 18.4 Å². The van der Waals surface area contributed by atoms with Crippen molar-refractivity contribution in [2.45, 2.75) is 19.5 Å². The van der Waals surface area contributed by atoms with Crippen LogP contribution in [0.15, 0.2) is 16.6 Å². The van der Waals surface area contributed by atoms with E-state index in [9.17, 15) is 5.11 Å². The molecule has 0 aliphatic heterocycles. The Morgan fingerprint density at radius 2 is 2.20 bits per heavy atom. The van der Waals surface area contributed by atoms with Crippen molar-refractivity contribution >= 4 is 27.5 Å². The van der Waals surface area contributed by atoms with Gasteiger partial charge in [0.25, 0.3) is 0 Å². The molecule has 0 radical (unpaired) electrons. The molecule has 0 saturated carbocycles. The number of nitrogens with one attached hydrogen (secondary N) is 1. The smallest absolute Gasteiger partial charge is 0.138 e. The fourth-order valence-corrected chi connectivity index (χ4v) is 1.98. The minimum absolute atomic E-state index is 0.0119. The fraction of sp³-hybridized carbons (Fsp3) is 0.400. The van der Waals surface area contributed by atoms with Gasteiger partial charge in [-0.15, -0.1) is 0 Å². The normalized spacial score (nSPS) is 12.8. The average molecular weight is 295 g/mol. The van der Waals surface area contributed by atoms with Gasteiger partial charge in [-0.05, 0) is 19.1 Å². The summed E-state index contributed by atoms with van der Waals surface area (Å²) in [4.78, 5) is 0. The molecule has 0 aromatic heterocycles. The Hall–Kier alpha value is -0.290. The van der Waals surface area contributed by atoms with Gasteiger partial charge >= 0.3 is 0 Å². The molecule has 0 amide bonds. The third-order valence-electron chi connectivity index (χ3n) is 2.02. The molecule has 1 rings (SSSR count). The van der Waals surface area contributed by atoms with Crippen molar-refractivity contribution < 1.29 is 10.2 Å². The summed E-state index contributed by atoms with van der Waals surface area (Å²) in [5.41, 5.74) is 0.703. The van der Waals surface area contributed by atoms with Crippen LogP contribution >= 0.6 is 27.5 Å². The van der Waals surface area contributed by atoms with E-state index >= 15 is 0 Å². The molecule has 0 bridgehead atoms. The second-order valence-electron chi connectivity index (χ2n) is 3.36. The van der Waals surface area contributed by atoms with Gasteiger partial charge in [0.05, 0.1) is 11.6 Å². The largest absolute Gasteiger partial charge is 0.506 e. The standard InChI is InChI=1S/C10H13BrClNO2/c1-6(5-14)13-4-7-2-8(11)3-9(12)10(7)15/h2-3,6,13-15H,4-5H2,1H3/t6-/m1/s1. The van der Waals surface area contributed by atoms with Gasteiger partial charge in [-0.3, -0.25) is 0 Å². The van der Waals surface area contributed by atoms with Crippen LogP contribution in [0.5, 0.6) is 5.75 Å². The van der Waals surface area contributed by atoms with Gasteiger partial charge in [0.15, 0.2) is 0 Å². The predicted octanol–water partition coefficient (Wildman–Crippen LogP) is 2.28. The molecule has 84 valence electrons. The second-order valence-corrected chi connectivity index (χ2v) is 4.68. The molecule has 0 spiro atoms. The molecule has 1 atom stereocenters. The van der Waals surface area contributed by atoms with Gasteiger partial charge in [0, 0.05) is 22.6 Å². The zero-order chi connectivity index (χ0) is 11.4. The maximum Gasteiger partial charge on any atom is 0.138 e. The number of phenolic OH excluding ortho intramolecular Hbond substituents is 1. The maximum atomic E-state index is 9.65. The highest BCUT2D eigenvalue weighted by atomic mass is 79.9. The van der Waals surface area contributed by atoms with Crippen LogP contribution in [0.3, 0.4) is 0 Å². The summed E-state index contributed by atoms with van der Waals surface area (Å²) >= 11 is 9.11. The lowest BCUT2D eigenvalue weighted by atomic mass is 10.2. The molecule has 0 aliphatic carbocycles. The van der Waals surface area contributed by atoms with E-state index in [0.29, 0.717) is 17.1 Å². The number of aromatic hydroxyl groups is 1. The van der Waals surface area contributed by atoms with E-state index in [0.717, 1.165) is 4.47 Å². The Balaban J connectivity index is 2.76.